The second kappa shape index (κ2) is 17.5. The van der Waals surface area contributed by atoms with E-state index in [0.717, 1.165) is 23.0 Å². The van der Waals surface area contributed by atoms with Gasteiger partial charge in [0.05, 0.1) is 0 Å². The lowest BCUT2D eigenvalue weighted by Gasteiger charge is -1.88. The Hall–Kier alpha value is 0.480. The summed E-state index contributed by atoms with van der Waals surface area (Å²) in [4.78, 5) is 0. The van der Waals surface area contributed by atoms with Crippen molar-refractivity contribution >= 4 is 46.9 Å². The molecule has 0 amide bonds. The molecule has 0 aliphatic heterocycles. The summed E-state index contributed by atoms with van der Waals surface area (Å²) in [6.45, 7) is 3.84. The zero-order valence-corrected chi connectivity index (χ0v) is 14.5. The van der Waals surface area contributed by atoms with Crippen LogP contribution in [0.4, 0.5) is 0 Å². The van der Waals surface area contributed by atoms with Crippen LogP contribution >= 0.6 is 25.3 Å². The van der Waals surface area contributed by atoms with Crippen molar-refractivity contribution < 1.29 is 8.42 Å². The molecule has 0 aliphatic carbocycles. The lowest BCUT2D eigenvalue weighted by atomic mass is 10.6. The Kier molecular flexibility index (Phi) is 20.2. The highest BCUT2D eigenvalue weighted by Crippen LogP contribution is 1.84. The Balaban J connectivity index is 0. The van der Waals surface area contributed by atoms with Crippen LogP contribution in [0.5, 0.6) is 0 Å². The SMILES string of the molecule is CCS(=O)C/C=C/CS.CCS(=O)C/C=C/CS. The highest BCUT2D eigenvalue weighted by atomic mass is 32.2. The molecule has 18 heavy (non-hydrogen) atoms. The van der Waals surface area contributed by atoms with Crippen LogP contribution in [0.1, 0.15) is 13.8 Å². The molecule has 0 heterocycles. The monoisotopic (exact) mass is 328 g/mol. The van der Waals surface area contributed by atoms with Gasteiger partial charge >= 0.3 is 0 Å². The minimum absolute atomic E-state index is 0.649. The standard InChI is InChI=1S/2C6H12OS2/c2*1-2-9(7)6-4-3-5-8/h2*3-4,8H,2,5-6H2,1H3/b2*4-3+. The van der Waals surface area contributed by atoms with Crippen LogP contribution in [0, 0.1) is 0 Å². The van der Waals surface area contributed by atoms with E-state index in [9.17, 15) is 8.42 Å². The largest absolute Gasteiger partial charge is 0.259 e. The molecule has 108 valence electrons. The molecule has 0 aliphatic rings. The summed E-state index contributed by atoms with van der Waals surface area (Å²) >= 11 is 7.93. The molecular weight excluding hydrogens is 304 g/mol. The average molecular weight is 329 g/mol. The van der Waals surface area contributed by atoms with E-state index in [1.54, 1.807) is 0 Å². The fraction of sp³-hybridized carbons (Fsp3) is 0.667. The van der Waals surface area contributed by atoms with Crippen molar-refractivity contribution in [2.45, 2.75) is 13.8 Å². The van der Waals surface area contributed by atoms with Gasteiger partial charge in [0, 0.05) is 56.1 Å². The van der Waals surface area contributed by atoms with Gasteiger partial charge in [-0.3, -0.25) is 8.42 Å². The summed E-state index contributed by atoms with van der Waals surface area (Å²) in [6, 6.07) is 0. The van der Waals surface area contributed by atoms with E-state index < -0.39 is 21.6 Å². The van der Waals surface area contributed by atoms with E-state index in [1.807, 2.05) is 38.2 Å². The number of thiol groups is 2. The predicted octanol–water partition coefficient (Wildman–Crippen LogP) is 2.48. The van der Waals surface area contributed by atoms with Gasteiger partial charge in [-0.2, -0.15) is 25.3 Å². The molecule has 0 aromatic rings. The molecule has 0 aromatic heterocycles. The first kappa shape index (κ1) is 20.8. The fourth-order valence-electron chi connectivity index (χ4n) is 0.736. The number of rotatable bonds is 8. The summed E-state index contributed by atoms with van der Waals surface area (Å²) in [6.07, 6.45) is 7.65. The minimum atomic E-state index is -0.649. The van der Waals surface area contributed by atoms with Gasteiger partial charge in [0.15, 0.2) is 0 Å². The molecule has 2 unspecified atom stereocenters. The van der Waals surface area contributed by atoms with E-state index in [0.29, 0.717) is 11.5 Å². The molecule has 6 heteroatoms. The van der Waals surface area contributed by atoms with Crippen LogP contribution in [-0.2, 0) is 21.6 Å². The van der Waals surface area contributed by atoms with Gasteiger partial charge in [0.1, 0.15) is 0 Å². The lowest BCUT2D eigenvalue weighted by molar-refractivity contribution is 0.685. The van der Waals surface area contributed by atoms with Gasteiger partial charge in [-0.25, -0.2) is 0 Å². The molecule has 2 atom stereocenters. The topological polar surface area (TPSA) is 34.1 Å². The van der Waals surface area contributed by atoms with Crippen molar-refractivity contribution in [1.82, 2.24) is 0 Å². The second-order valence-corrected chi connectivity index (χ2v) is 7.41. The first-order valence-corrected chi connectivity index (χ1v) is 10.1. The van der Waals surface area contributed by atoms with E-state index in [2.05, 4.69) is 25.3 Å². The van der Waals surface area contributed by atoms with Crippen molar-refractivity contribution in [2.24, 2.45) is 0 Å². The van der Waals surface area contributed by atoms with E-state index >= 15 is 0 Å². The fourth-order valence-corrected chi connectivity index (χ4v) is 2.21. The Labute approximate surface area is 127 Å². The Morgan fingerprint density at radius 3 is 1.33 bits per heavy atom. The van der Waals surface area contributed by atoms with Crippen LogP contribution in [0.3, 0.4) is 0 Å². The predicted molar refractivity (Wildman–Crippen MR) is 93.1 cm³/mol. The summed E-state index contributed by atoms with van der Waals surface area (Å²) in [7, 11) is -1.30. The van der Waals surface area contributed by atoms with Crippen molar-refractivity contribution in [2.75, 3.05) is 34.5 Å². The lowest BCUT2D eigenvalue weighted by Crippen LogP contribution is -1.95. The van der Waals surface area contributed by atoms with Crippen LogP contribution in [0.25, 0.3) is 0 Å². The molecule has 0 saturated carbocycles. The Morgan fingerprint density at radius 2 is 1.11 bits per heavy atom. The van der Waals surface area contributed by atoms with E-state index in [1.165, 1.54) is 0 Å². The molecule has 0 spiro atoms. The molecule has 2 nitrogen and oxygen atoms in total. The van der Waals surface area contributed by atoms with Gasteiger partial charge in [-0.15, -0.1) is 0 Å². The van der Waals surface area contributed by atoms with Crippen molar-refractivity contribution in [3.05, 3.63) is 24.3 Å². The molecule has 0 bridgehead atoms. The van der Waals surface area contributed by atoms with Crippen LogP contribution in [-0.4, -0.2) is 42.9 Å². The maximum absolute atomic E-state index is 10.7. The van der Waals surface area contributed by atoms with Gasteiger partial charge in [0.25, 0.3) is 0 Å². The second-order valence-electron chi connectivity index (χ2n) is 3.10. The molecule has 0 N–H and O–H groups in total. The third-order valence-electron chi connectivity index (χ3n) is 1.75. The van der Waals surface area contributed by atoms with Gasteiger partial charge < -0.3 is 0 Å². The third kappa shape index (κ3) is 18.8. The van der Waals surface area contributed by atoms with Crippen LogP contribution < -0.4 is 0 Å². The summed E-state index contributed by atoms with van der Waals surface area (Å²) in [5.74, 6) is 4.32. The summed E-state index contributed by atoms with van der Waals surface area (Å²) in [5, 5.41) is 0. The minimum Gasteiger partial charge on any atom is -0.259 e. The average Bonchev–Trinajstić information content (AvgIpc) is 2.39. The highest BCUT2D eigenvalue weighted by molar-refractivity contribution is 7.85. The van der Waals surface area contributed by atoms with Gasteiger partial charge in [-0.05, 0) is 0 Å². The Morgan fingerprint density at radius 1 is 0.778 bits per heavy atom. The van der Waals surface area contributed by atoms with Crippen molar-refractivity contribution in [1.29, 1.82) is 0 Å². The molecule has 0 aromatic carbocycles. The van der Waals surface area contributed by atoms with Crippen molar-refractivity contribution in [3.63, 3.8) is 0 Å². The maximum Gasteiger partial charge on any atom is 0.0415 e. The molecular formula is C12H24O2S4. The summed E-state index contributed by atoms with van der Waals surface area (Å²) in [5.41, 5.74) is 0. The quantitative estimate of drug-likeness (QED) is 0.530. The van der Waals surface area contributed by atoms with Crippen molar-refractivity contribution in [3.8, 4) is 0 Å². The normalized spacial score (nSPS) is 14.4. The van der Waals surface area contributed by atoms with Crippen LogP contribution in [0.2, 0.25) is 0 Å². The van der Waals surface area contributed by atoms with E-state index in [-0.39, 0.29) is 0 Å². The van der Waals surface area contributed by atoms with Gasteiger partial charge in [0.2, 0.25) is 0 Å². The molecule has 0 radical (unpaired) electrons. The molecule has 0 saturated heterocycles. The smallest absolute Gasteiger partial charge is 0.0415 e. The Bertz CT molecular complexity index is 247. The highest BCUT2D eigenvalue weighted by Gasteiger charge is 1.88. The van der Waals surface area contributed by atoms with Gasteiger partial charge in [-0.1, -0.05) is 38.2 Å². The summed E-state index contributed by atoms with van der Waals surface area (Å²) < 4.78 is 21.4. The number of hydrogen-bond acceptors (Lipinski definition) is 4. The first-order valence-electron chi connectivity index (χ1n) is 5.83. The van der Waals surface area contributed by atoms with Crippen LogP contribution in [0.15, 0.2) is 24.3 Å². The van der Waals surface area contributed by atoms with E-state index in [4.69, 9.17) is 0 Å². The zero-order valence-electron chi connectivity index (χ0n) is 11.1. The zero-order chi connectivity index (χ0) is 14.2. The molecule has 0 fully saturated rings. The maximum atomic E-state index is 10.7. The third-order valence-corrected chi connectivity index (χ3v) is 4.59. The first-order chi connectivity index (χ1) is 8.62. The molecule has 0 rings (SSSR count). The number of hydrogen-bond donors (Lipinski definition) is 2.